The van der Waals surface area contributed by atoms with E-state index in [4.69, 9.17) is 17.0 Å². The number of nitrogens with zero attached hydrogens (tertiary/aromatic N) is 3. The highest BCUT2D eigenvalue weighted by molar-refractivity contribution is 7.80. The molecule has 1 aliphatic rings. The van der Waals surface area contributed by atoms with Crippen molar-refractivity contribution < 1.29 is 4.74 Å². The first kappa shape index (κ1) is 19.3. The predicted molar refractivity (Wildman–Crippen MR) is 126 cm³/mol. The lowest BCUT2D eigenvalue weighted by atomic mass is 9.98. The molecule has 3 heterocycles. The number of rotatable bonds is 5. The van der Waals surface area contributed by atoms with Crippen molar-refractivity contribution in [1.29, 1.82) is 0 Å². The Morgan fingerprint density at radius 1 is 0.903 bits per heavy atom. The Labute approximate surface area is 186 Å². The second kappa shape index (κ2) is 8.24. The van der Waals surface area contributed by atoms with Gasteiger partial charge in [0.1, 0.15) is 11.5 Å². The highest BCUT2D eigenvalue weighted by atomic mass is 32.1. The number of benzene rings is 2. The molecule has 1 N–H and O–H groups in total. The number of thiocarbonyl (C=S) groups is 1. The third-order valence-corrected chi connectivity index (χ3v) is 5.70. The normalized spacial score (nSPS) is 18.1. The largest absolute Gasteiger partial charge is 0.457 e. The predicted octanol–water partition coefficient (Wildman–Crippen LogP) is 5.39. The first-order chi connectivity index (χ1) is 15.2. The van der Waals surface area contributed by atoms with Crippen LogP contribution in [0.25, 0.3) is 0 Å². The summed E-state index contributed by atoms with van der Waals surface area (Å²) in [6, 6.07) is 25.9. The van der Waals surface area contributed by atoms with Gasteiger partial charge in [-0.25, -0.2) is 0 Å². The monoisotopic (exact) mass is 426 g/mol. The van der Waals surface area contributed by atoms with Gasteiger partial charge in [-0.1, -0.05) is 24.3 Å². The molecule has 0 amide bonds. The van der Waals surface area contributed by atoms with Crippen molar-refractivity contribution in [2.24, 2.45) is 7.05 Å². The summed E-state index contributed by atoms with van der Waals surface area (Å²) in [5, 5.41) is 4.17. The molecule has 0 aliphatic carbocycles. The second-order valence-corrected chi connectivity index (χ2v) is 7.90. The summed E-state index contributed by atoms with van der Waals surface area (Å²) in [7, 11) is 2.03. The van der Waals surface area contributed by atoms with Crippen LogP contribution in [0.3, 0.4) is 0 Å². The highest BCUT2D eigenvalue weighted by Crippen LogP contribution is 2.41. The molecule has 154 valence electrons. The van der Waals surface area contributed by atoms with Crippen LogP contribution in [0, 0.1) is 0 Å². The molecule has 1 fully saturated rings. The molecule has 2 aromatic carbocycles. The summed E-state index contributed by atoms with van der Waals surface area (Å²) in [5.41, 5.74) is 3.14. The molecule has 0 radical (unpaired) electrons. The number of hydrogen-bond donors (Lipinski definition) is 1. The maximum absolute atomic E-state index is 5.95. The minimum Gasteiger partial charge on any atom is -0.457 e. The first-order valence-corrected chi connectivity index (χ1v) is 10.6. The van der Waals surface area contributed by atoms with Gasteiger partial charge in [0, 0.05) is 31.3 Å². The lowest BCUT2D eigenvalue weighted by Gasteiger charge is -2.27. The zero-order valence-corrected chi connectivity index (χ0v) is 17.9. The Kier molecular flexibility index (Phi) is 5.14. The van der Waals surface area contributed by atoms with E-state index < -0.39 is 0 Å². The molecular weight excluding hydrogens is 404 g/mol. The summed E-state index contributed by atoms with van der Waals surface area (Å²) in [6.07, 6.45) is 6.01. The van der Waals surface area contributed by atoms with E-state index in [2.05, 4.69) is 38.2 Å². The van der Waals surface area contributed by atoms with E-state index in [1.807, 2.05) is 86.0 Å². The van der Waals surface area contributed by atoms with Crippen molar-refractivity contribution in [2.75, 3.05) is 4.90 Å². The van der Waals surface area contributed by atoms with Crippen LogP contribution in [0.2, 0.25) is 0 Å². The van der Waals surface area contributed by atoms with Crippen molar-refractivity contribution >= 4 is 23.0 Å². The summed E-state index contributed by atoms with van der Waals surface area (Å²) < 4.78 is 8.00. The maximum atomic E-state index is 5.95. The number of aryl methyl sites for hydroxylation is 1. The molecule has 5 rings (SSSR count). The zero-order valence-electron chi connectivity index (χ0n) is 17.1. The van der Waals surface area contributed by atoms with Crippen molar-refractivity contribution in [2.45, 2.75) is 12.1 Å². The minimum absolute atomic E-state index is 0.00973. The first-order valence-electron chi connectivity index (χ1n) is 10.1. The molecule has 0 bridgehead atoms. The van der Waals surface area contributed by atoms with Gasteiger partial charge in [0.2, 0.25) is 0 Å². The van der Waals surface area contributed by atoms with E-state index in [1.165, 1.54) is 5.56 Å². The molecule has 2 aromatic heterocycles. The van der Waals surface area contributed by atoms with Gasteiger partial charge in [0.25, 0.3) is 0 Å². The van der Waals surface area contributed by atoms with Gasteiger partial charge in [0.15, 0.2) is 5.11 Å². The number of ether oxygens (including phenoxy) is 1. The van der Waals surface area contributed by atoms with Gasteiger partial charge < -0.3 is 19.5 Å². The van der Waals surface area contributed by atoms with Crippen LogP contribution >= 0.6 is 12.2 Å². The van der Waals surface area contributed by atoms with E-state index in [0.717, 1.165) is 22.9 Å². The van der Waals surface area contributed by atoms with Crippen LogP contribution < -0.4 is 15.0 Å². The fraction of sp³-hybridized carbons (Fsp3) is 0.120. The topological polar surface area (TPSA) is 42.3 Å². The summed E-state index contributed by atoms with van der Waals surface area (Å²) in [4.78, 5) is 6.75. The van der Waals surface area contributed by atoms with Gasteiger partial charge in [-0.3, -0.25) is 4.98 Å². The third kappa shape index (κ3) is 3.90. The SMILES string of the molecule is Cn1ccc(C2C(c3ccccn3)NC(=S)N2c2ccc(Oc3ccccc3)cc2)c1. The lowest BCUT2D eigenvalue weighted by molar-refractivity contribution is 0.482. The second-order valence-electron chi connectivity index (χ2n) is 7.52. The molecule has 1 aliphatic heterocycles. The Hall–Kier alpha value is -3.64. The van der Waals surface area contributed by atoms with Gasteiger partial charge in [-0.05, 0) is 72.4 Å². The average Bonchev–Trinajstić information content (AvgIpc) is 3.38. The average molecular weight is 427 g/mol. The Bertz CT molecular complexity index is 1180. The number of aromatic nitrogens is 2. The zero-order chi connectivity index (χ0) is 21.2. The quantitative estimate of drug-likeness (QED) is 0.434. The molecule has 1 saturated heterocycles. The van der Waals surface area contributed by atoms with Crippen molar-refractivity contribution in [3.05, 3.63) is 109 Å². The molecule has 31 heavy (non-hydrogen) atoms. The van der Waals surface area contributed by atoms with Crippen LogP contribution in [0.15, 0.2) is 97.5 Å². The summed E-state index contributed by atoms with van der Waals surface area (Å²) in [5.74, 6) is 1.59. The Morgan fingerprint density at radius 3 is 2.32 bits per heavy atom. The van der Waals surface area contributed by atoms with E-state index in [-0.39, 0.29) is 12.1 Å². The van der Waals surface area contributed by atoms with E-state index >= 15 is 0 Å². The molecule has 6 heteroatoms. The van der Waals surface area contributed by atoms with E-state index in [9.17, 15) is 0 Å². The van der Waals surface area contributed by atoms with Gasteiger partial charge in [0.05, 0.1) is 17.8 Å². The van der Waals surface area contributed by atoms with E-state index in [1.54, 1.807) is 0 Å². The molecular formula is C25H22N4OS. The highest BCUT2D eigenvalue weighted by Gasteiger charge is 2.40. The molecule has 2 unspecified atom stereocenters. The van der Waals surface area contributed by atoms with E-state index in [0.29, 0.717) is 5.11 Å². The van der Waals surface area contributed by atoms with Crippen molar-refractivity contribution in [1.82, 2.24) is 14.9 Å². The van der Waals surface area contributed by atoms with Gasteiger partial charge in [-0.15, -0.1) is 0 Å². The summed E-state index contributed by atoms with van der Waals surface area (Å²) in [6.45, 7) is 0. The molecule has 0 saturated carbocycles. The Morgan fingerprint density at radius 2 is 1.65 bits per heavy atom. The van der Waals surface area contributed by atoms with Crippen molar-refractivity contribution in [3.63, 3.8) is 0 Å². The van der Waals surface area contributed by atoms with Crippen LogP contribution in [0.4, 0.5) is 5.69 Å². The standard InChI is InChI=1S/C25H22N4OS/c1-28-16-14-18(17-28)24-23(22-9-5-6-15-26-22)27-25(31)29(24)19-10-12-21(13-11-19)30-20-7-3-2-4-8-20/h2-17,23-24H,1H3,(H,27,31). The fourth-order valence-electron chi connectivity index (χ4n) is 3.97. The van der Waals surface area contributed by atoms with Crippen LogP contribution in [-0.4, -0.2) is 14.7 Å². The smallest absolute Gasteiger partial charge is 0.174 e. The third-order valence-electron chi connectivity index (χ3n) is 5.39. The number of anilines is 1. The summed E-state index contributed by atoms with van der Waals surface area (Å²) >= 11 is 5.77. The van der Waals surface area contributed by atoms with Crippen LogP contribution in [0.5, 0.6) is 11.5 Å². The Balaban J connectivity index is 1.48. The molecule has 5 nitrogen and oxygen atoms in total. The van der Waals surface area contributed by atoms with Crippen LogP contribution in [-0.2, 0) is 7.05 Å². The number of para-hydroxylation sites is 1. The molecule has 4 aromatic rings. The maximum Gasteiger partial charge on any atom is 0.174 e. The number of pyridine rings is 1. The fourth-order valence-corrected chi connectivity index (χ4v) is 4.32. The number of hydrogen-bond acceptors (Lipinski definition) is 3. The van der Waals surface area contributed by atoms with Gasteiger partial charge >= 0.3 is 0 Å². The van der Waals surface area contributed by atoms with Crippen molar-refractivity contribution in [3.8, 4) is 11.5 Å². The number of nitrogens with one attached hydrogen (secondary N) is 1. The van der Waals surface area contributed by atoms with Gasteiger partial charge in [-0.2, -0.15) is 0 Å². The lowest BCUT2D eigenvalue weighted by Crippen LogP contribution is -2.29. The molecule has 2 atom stereocenters. The van der Waals surface area contributed by atoms with Crippen LogP contribution in [0.1, 0.15) is 23.3 Å². The minimum atomic E-state index is -0.0451. The molecule has 0 spiro atoms.